The summed E-state index contributed by atoms with van der Waals surface area (Å²) in [4.78, 5) is 22.6. The van der Waals surface area contributed by atoms with Gasteiger partial charge in [-0.05, 0) is 24.6 Å². The number of hydrogen-bond donors (Lipinski definition) is 0. The number of non-ortho nitro benzene ring substituents is 1. The van der Waals surface area contributed by atoms with Crippen LogP contribution in [0.25, 0.3) is 0 Å². The molecule has 0 amide bonds. The van der Waals surface area contributed by atoms with Crippen molar-refractivity contribution in [1.82, 2.24) is 0 Å². The van der Waals surface area contributed by atoms with Crippen LogP contribution in [0.5, 0.6) is 11.5 Å². The maximum atomic E-state index is 12.3. The van der Waals surface area contributed by atoms with Gasteiger partial charge in [0.2, 0.25) is 6.79 Å². The number of nitro groups is 1. The molecule has 3 rings (SSSR count). The lowest BCUT2D eigenvalue weighted by Gasteiger charge is -2.14. The molecule has 1 heterocycles. The van der Waals surface area contributed by atoms with Crippen LogP contribution >= 0.6 is 11.6 Å². The van der Waals surface area contributed by atoms with Gasteiger partial charge in [0.25, 0.3) is 5.69 Å². The number of ether oxygens (including phenoxy) is 3. The van der Waals surface area contributed by atoms with Gasteiger partial charge in [0.15, 0.2) is 11.5 Å². The van der Waals surface area contributed by atoms with E-state index in [9.17, 15) is 14.9 Å². The van der Waals surface area contributed by atoms with Crippen molar-refractivity contribution in [3.05, 3.63) is 62.7 Å². The molecule has 0 aromatic heterocycles. The average molecular weight is 350 g/mol. The summed E-state index contributed by atoms with van der Waals surface area (Å²) in [6.45, 7) is 1.67. The van der Waals surface area contributed by atoms with Gasteiger partial charge < -0.3 is 14.2 Å². The highest BCUT2D eigenvalue weighted by Crippen LogP contribution is 2.40. The first-order valence-electron chi connectivity index (χ1n) is 7.00. The molecule has 2 aromatic rings. The molecule has 0 saturated heterocycles. The number of benzene rings is 2. The van der Waals surface area contributed by atoms with E-state index in [1.54, 1.807) is 13.0 Å². The van der Waals surface area contributed by atoms with Crippen molar-refractivity contribution in [1.29, 1.82) is 0 Å². The van der Waals surface area contributed by atoms with Gasteiger partial charge in [-0.1, -0.05) is 23.7 Å². The molecule has 0 N–H and O–H groups in total. The molecule has 1 aliphatic rings. The molecule has 8 heteroatoms. The molecule has 7 nitrogen and oxygen atoms in total. The van der Waals surface area contributed by atoms with E-state index in [2.05, 4.69) is 0 Å². The van der Waals surface area contributed by atoms with Crippen LogP contribution in [-0.4, -0.2) is 17.7 Å². The number of esters is 1. The van der Waals surface area contributed by atoms with Crippen LogP contribution in [0.3, 0.4) is 0 Å². The zero-order valence-electron chi connectivity index (χ0n) is 12.5. The summed E-state index contributed by atoms with van der Waals surface area (Å²) in [5.41, 5.74) is 0.660. The highest BCUT2D eigenvalue weighted by molar-refractivity contribution is 6.32. The van der Waals surface area contributed by atoms with Crippen LogP contribution in [0.2, 0.25) is 5.02 Å². The number of carbonyl (C=O) groups is 1. The van der Waals surface area contributed by atoms with Gasteiger partial charge in [0.05, 0.1) is 15.5 Å². The molecule has 0 unspecified atom stereocenters. The van der Waals surface area contributed by atoms with Crippen LogP contribution in [0.4, 0.5) is 5.69 Å². The Labute approximate surface area is 141 Å². The minimum absolute atomic E-state index is 0.0393. The van der Waals surface area contributed by atoms with Gasteiger partial charge in [0, 0.05) is 12.1 Å². The smallest absolute Gasteiger partial charge is 0.338 e. The van der Waals surface area contributed by atoms with E-state index < -0.39 is 17.0 Å². The Morgan fingerprint density at radius 1 is 1.33 bits per heavy atom. The molecule has 0 fully saturated rings. The number of hydrogen-bond acceptors (Lipinski definition) is 6. The second kappa shape index (κ2) is 6.37. The SMILES string of the molecule is C[C@H](OC(=O)c1cc(Cl)c2c(c1)OCO2)c1cccc([N+](=O)[O-])c1. The highest BCUT2D eigenvalue weighted by Gasteiger charge is 2.23. The number of rotatable bonds is 4. The summed E-state index contributed by atoms with van der Waals surface area (Å²) < 4.78 is 15.7. The fourth-order valence-electron chi connectivity index (χ4n) is 2.27. The summed E-state index contributed by atoms with van der Waals surface area (Å²) in [7, 11) is 0. The first kappa shape index (κ1) is 16.1. The van der Waals surface area contributed by atoms with Gasteiger partial charge in [-0.2, -0.15) is 0 Å². The minimum atomic E-state index is -0.665. The molecule has 124 valence electrons. The Morgan fingerprint density at radius 3 is 2.88 bits per heavy atom. The van der Waals surface area contributed by atoms with Crippen molar-refractivity contribution < 1.29 is 23.9 Å². The summed E-state index contributed by atoms with van der Waals surface area (Å²) in [5.74, 6) is 0.145. The fraction of sp³-hybridized carbons (Fsp3) is 0.188. The standard InChI is InChI=1S/C16H12ClNO6/c1-9(10-3-2-4-12(5-10)18(20)21)24-16(19)11-6-13(17)15-14(7-11)22-8-23-15/h2-7,9H,8H2,1H3/t9-/m0/s1. The molecule has 0 saturated carbocycles. The molecule has 0 radical (unpaired) electrons. The zero-order chi connectivity index (χ0) is 17.3. The molecule has 0 bridgehead atoms. The van der Waals surface area contributed by atoms with Crippen molar-refractivity contribution in [2.24, 2.45) is 0 Å². The monoisotopic (exact) mass is 349 g/mol. The number of nitrogens with zero attached hydrogens (tertiary/aromatic N) is 1. The Kier molecular flexibility index (Phi) is 4.26. The first-order chi connectivity index (χ1) is 11.5. The van der Waals surface area contributed by atoms with Crippen LogP contribution in [-0.2, 0) is 4.74 Å². The number of carbonyl (C=O) groups excluding carboxylic acids is 1. The van der Waals surface area contributed by atoms with E-state index in [0.717, 1.165) is 0 Å². The Morgan fingerprint density at radius 2 is 2.12 bits per heavy atom. The highest BCUT2D eigenvalue weighted by atomic mass is 35.5. The summed E-state index contributed by atoms with van der Waals surface area (Å²) in [5, 5.41) is 11.1. The minimum Gasteiger partial charge on any atom is -0.454 e. The number of nitro benzene ring substituents is 1. The summed E-state index contributed by atoms with van der Waals surface area (Å²) >= 11 is 6.04. The Balaban J connectivity index is 1.78. The molecule has 1 aliphatic heterocycles. The maximum absolute atomic E-state index is 12.3. The van der Waals surface area contributed by atoms with Gasteiger partial charge in [-0.15, -0.1) is 0 Å². The quantitative estimate of drug-likeness (QED) is 0.472. The second-order valence-electron chi connectivity index (χ2n) is 5.09. The van der Waals surface area contributed by atoms with E-state index >= 15 is 0 Å². The fourth-order valence-corrected chi connectivity index (χ4v) is 2.54. The predicted molar refractivity (Wildman–Crippen MR) is 84.5 cm³/mol. The molecule has 2 aromatic carbocycles. The van der Waals surface area contributed by atoms with Crippen LogP contribution < -0.4 is 9.47 Å². The average Bonchev–Trinajstić information content (AvgIpc) is 3.04. The number of fused-ring (bicyclic) bond motifs is 1. The van der Waals surface area contributed by atoms with E-state index in [1.165, 1.54) is 30.3 Å². The maximum Gasteiger partial charge on any atom is 0.338 e. The second-order valence-corrected chi connectivity index (χ2v) is 5.50. The van der Waals surface area contributed by atoms with E-state index in [-0.39, 0.29) is 23.1 Å². The lowest BCUT2D eigenvalue weighted by atomic mass is 10.1. The topological polar surface area (TPSA) is 87.9 Å². The van der Waals surface area contributed by atoms with E-state index in [4.69, 9.17) is 25.8 Å². The third-order valence-corrected chi connectivity index (χ3v) is 3.78. The summed E-state index contributed by atoms with van der Waals surface area (Å²) in [6, 6.07) is 8.83. The Bertz CT molecular complexity index is 822. The van der Waals surface area contributed by atoms with Gasteiger partial charge >= 0.3 is 5.97 Å². The predicted octanol–water partition coefficient (Wildman–Crippen LogP) is 3.89. The molecule has 0 spiro atoms. The van der Waals surface area contributed by atoms with Crippen LogP contribution in [0.15, 0.2) is 36.4 Å². The molecule has 1 atom stereocenters. The normalized spacial score (nSPS) is 13.4. The summed E-state index contributed by atoms with van der Waals surface area (Å²) in [6.07, 6.45) is -0.665. The van der Waals surface area contributed by atoms with Crippen molar-refractivity contribution >= 4 is 23.3 Å². The Hall–Kier alpha value is -2.80. The van der Waals surface area contributed by atoms with Crippen molar-refractivity contribution in [2.75, 3.05) is 6.79 Å². The van der Waals surface area contributed by atoms with Crippen molar-refractivity contribution in [2.45, 2.75) is 13.0 Å². The van der Waals surface area contributed by atoms with Gasteiger partial charge in [0.1, 0.15) is 6.10 Å². The number of halogens is 1. The van der Waals surface area contributed by atoms with Gasteiger partial charge in [-0.25, -0.2) is 4.79 Å². The van der Waals surface area contributed by atoms with Crippen molar-refractivity contribution in [3.8, 4) is 11.5 Å². The molecular formula is C16H12ClNO6. The first-order valence-corrected chi connectivity index (χ1v) is 7.38. The molecular weight excluding hydrogens is 338 g/mol. The van der Waals surface area contributed by atoms with E-state index in [0.29, 0.717) is 17.1 Å². The molecule has 24 heavy (non-hydrogen) atoms. The zero-order valence-corrected chi connectivity index (χ0v) is 13.3. The van der Waals surface area contributed by atoms with Crippen LogP contribution in [0.1, 0.15) is 28.9 Å². The molecule has 0 aliphatic carbocycles. The van der Waals surface area contributed by atoms with Gasteiger partial charge in [-0.3, -0.25) is 10.1 Å². The third-order valence-electron chi connectivity index (χ3n) is 3.50. The largest absolute Gasteiger partial charge is 0.454 e. The van der Waals surface area contributed by atoms with E-state index in [1.807, 2.05) is 0 Å². The van der Waals surface area contributed by atoms with Crippen LogP contribution in [0, 0.1) is 10.1 Å². The lowest BCUT2D eigenvalue weighted by Crippen LogP contribution is -2.09. The lowest BCUT2D eigenvalue weighted by molar-refractivity contribution is -0.385. The third kappa shape index (κ3) is 3.11. The van der Waals surface area contributed by atoms with Crippen molar-refractivity contribution in [3.63, 3.8) is 0 Å².